The molecule has 1 aliphatic rings. The summed E-state index contributed by atoms with van der Waals surface area (Å²) in [4.78, 5) is 24.7. The van der Waals surface area contributed by atoms with Gasteiger partial charge in [-0.05, 0) is 6.07 Å². The van der Waals surface area contributed by atoms with Gasteiger partial charge in [-0.2, -0.15) is 0 Å². The van der Waals surface area contributed by atoms with Crippen LogP contribution in [-0.2, 0) is 0 Å². The molecule has 0 N–H and O–H groups in total. The van der Waals surface area contributed by atoms with Gasteiger partial charge in [0, 0.05) is 27.8 Å². The molecule has 0 heterocycles. The van der Waals surface area contributed by atoms with Gasteiger partial charge in [-0.15, -0.1) is 6.42 Å². The Labute approximate surface area is 104 Å². The number of hydrogen-bond donors (Lipinski definition) is 0. The van der Waals surface area contributed by atoms with Crippen molar-refractivity contribution in [3.63, 3.8) is 0 Å². The maximum absolute atomic E-state index is 12.4. The fourth-order valence-corrected chi connectivity index (χ4v) is 2.27. The molecule has 0 atom stereocenters. The Kier molecular flexibility index (Phi) is 2.14. The van der Waals surface area contributed by atoms with E-state index in [0.29, 0.717) is 27.8 Å². The number of terminal acetylenes is 1. The summed E-state index contributed by atoms with van der Waals surface area (Å²) in [5, 5.41) is 0. The highest BCUT2D eigenvalue weighted by atomic mass is 16.1. The van der Waals surface area contributed by atoms with Crippen LogP contribution in [0, 0.1) is 12.3 Å². The van der Waals surface area contributed by atoms with E-state index >= 15 is 0 Å². The predicted molar refractivity (Wildman–Crippen MR) is 67.7 cm³/mol. The molecule has 0 aliphatic heterocycles. The van der Waals surface area contributed by atoms with E-state index in [2.05, 4.69) is 5.92 Å². The van der Waals surface area contributed by atoms with Gasteiger partial charge in [0.25, 0.3) is 0 Å². The maximum atomic E-state index is 12.4. The molecule has 0 radical (unpaired) electrons. The lowest BCUT2D eigenvalue weighted by Crippen LogP contribution is -2.21. The molecule has 84 valence electrons. The van der Waals surface area contributed by atoms with Gasteiger partial charge in [0.2, 0.25) is 0 Å². The lowest BCUT2D eigenvalue weighted by atomic mass is 9.82. The summed E-state index contributed by atoms with van der Waals surface area (Å²) < 4.78 is 0. The normalized spacial score (nSPS) is 12.6. The fourth-order valence-electron chi connectivity index (χ4n) is 2.27. The second-order valence-corrected chi connectivity index (χ2v) is 4.08. The summed E-state index contributed by atoms with van der Waals surface area (Å²) in [6.07, 6.45) is 5.39. The van der Waals surface area contributed by atoms with Gasteiger partial charge in [0.15, 0.2) is 11.6 Å². The summed E-state index contributed by atoms with van der Waals surface area (Å²) in [7, 11) is 0. The predicted octanol–water partition coefficient (Wildman–Crippen LogP) is 2.44. The highest BCUT2D eigenvalue weighted by molar-refractivity contribution is 6.29. The molecule has 0 amide bonds. The molecule has 2 aromatic rings. The number of hydrogen-bond acceptors (Lipinski definition) is 2. The molecule has 3 rings (SSSR count). The van der Waals surface area contributed by atoms with E-state index in [1.54, 1.807) is 42.5 Å². The Morgan fingerprint density at radius 2 is 1.39 bits per heavy atom. The van der Waals surface area contributed by atoms with Crippen molar-refractivity contribution in [3.05, 3.63) is 70.3 Å². The standard InChI is InChI=1S/C16H8O2/c1-2-10-6-5-9-13-14(10)16(18)12-8-4-3-7-11(12)15(13)17/h1,3-9H. The SMILES string of the molecule is C#Cc1cccc2c1C(=O)c1ccccc1C2=O. The van der Waals surface area contributed by atoms with Crippen LogP contribution in [0.15, 0.2) is 42.5 Å². The summed E-state index contributed by atoms with van der Waals surface area (Å²) in [6.45, 7) is 0. The number of ketones is 2. The molecule has 2 heteroatoms. The van der Waals surface area contributed by atoms with Gasteiger partial charge in [-0.1, -0.05) is 42.3 Å². The molecule has 1 aliphatic carbocycles. The van der Waals surface area contributed by atoms with E-state index in [4.69, 9.17) is 6.42 Å². The van der Waals surface area contributed by atoms with Crippen molar-refractivity contribution in [2.24, 2.45) is 0 Å². The summed E-state index contributed by atoms with van der Waals surface area (Å²) >= 11 is 0. The van der Waals surface area contributed by atoms with Crippen LogP contribution in [-0.4, -0.2) is 11.6 Å². The minimum absolute atomic E-state index is 0.141. The number of fused-ring (bicyclic) bond motifs is 2. The van der Waals surface area contributed by atoms with E-state index in [1.165, 1.54) is 0 Å². The number of benzene rings is 2. The van der Waals surface area contributed by atoms with Crippen LogP contribution in [0.25, 0.3) is 0 Å². The first-order valence-electron chi connectivity index (χ1n) is 5.52. The van der Waals surface area contributed by atoms with Crippen LogP contribution in [0.4, 0.5) is 0 Å². The molecular weight excluding hydrogens is 224 g/mol. The largest absolute Gasteiger partial charge is 0.289 e. The second kappa shape index (κ2) is 3.68. The first-order chi connectivity index (χ1) is 8.74. The zero-order valence-corrected chi connectivity index (χ0v) is 9.44. The van der Waals surface area contributed by atoms with Crippen LogP contribution >= 0.6 is 0 Å². The summed E-state index contributed by atoms with van der Waals surface area (Å²) in [5.41, 5.74) is 2.10. The zero-order valence-electron chi connectivity index (χ0n) is 9.44. The van der Waals surface area contributed by atoms with Crippen molar-refractivity contribution in [3.8, 4) is 12.3 Å². The molecule has 0 saturated heterocycles. The monoisotopic (exact) mass is 232 g/mol. The number of rotatable bonds is 0. The van der Waals surface area contributed by atoms with Gasteiger partial charge in [0.05, 0.1) is 0 Å². The van der Waals surface area contributed by atoms with Gasteiger partial charge in [-0.25, -0.2) is 0 Å². The van der Waals surface area contributed by atoms with Gasteiger partial charge in [0.1, 0.15) is 0 Å². The van der Waals surface area contributed by atoms with Crippen LogP contribution in [0.3, 0.4) is 0 Å². The minimum Gasteiger partial charge on any atom is -0.289 e. The molecule has 0 unspecified atom stereocenters. The van der Waals surface area contributed by atoms with Crippen molar-refractivity contribution >= 4 is 11.6 Å². The number of carbonyl (C=O) groups excluding carboxylic acids is 2. The molecular formula is C16H8O2. The fraction of sp³-hybridized carbons (Fsp3) is 0. The third kappa shape index (κ3) is 1.25. The van der Waals surface area contributed by atoms with Crippen molar-refractivity contribution in [1.29, 1.82) is 0 Å². The molecule has 0 saturated carbocycles. The topological polar surface area (TPSA) is 34.1 Å². The van der Waals surface area contributed by atoms with Gasteiger partial charge >= 0.3 is 0 Å². The molecule has 2 aromatic carbocycles. The van der Waals surface area contributed by atoms with E-state index in [9.17, 15) is 9.59 Å². The lowest BCUT2D eigenvalue weighted by Gasteiger charge is -2.18. The lowest BCUT2D eigenvalue weighted by molar-refractivity contribution is 0.0979. The average Bonchev–Trinajstić information content (AvgIpc) is 2.44. The second-order valence-electron chi connectivity index (χ2n) is 4.08. The zero-order chi connectivity index (χ0) is 12.7. The first-order valence-corrected chi connectivity index (χ1v) is 5.52. The third-order valence-electron chi connectivity index (χ3n) is 3.11. The molecule has 0 fully saturated rings. The Balaban J connectivity index is 2.38. The minimum atomic E-state index is -0.172. The highest BCUT2D eigenvalue weighted by Crippen LogP contribution is 2.28. The summed E-state index contributed by atoms with van der Waals surface area (Å²) in [6, 6.07) is 11.8. The molecule has 2 nitrogen and oxygen atoms in total. The van der Waals surface area contributed by atoms with E-state index in [0.717, 1.165) is 0 Å². The maximum Gasteiger partial charge on any atom is 0.195 e. The van der Waals surface area contributed by atoms with Crippen molar-refractivity contribution in [2.75, 3.05) is 0 Å². The molecule has 18 heavy (non-hydrogen) atoms. The molecule has 0 aromatic heterocycles. The van der Waals surface area contributed by atoms with Crippen LogP contribution < -0.4 is 0 Å². The van der Waals surface area contributed by atoms with Crippen LogP contribution in [0.5, 0.6) is 0 Å². The Bertz CT molecular complexity index is 733. The number of carbonyl (C=O) groups is 2. The highest BCUT2D eigenvalue weighted by Gasteiger charge is 2.30. The third-order valence-corrected chi connectivity index (χ3v) is 3.11. The van der Waals surface area contributed by atoms with E-state index in [-0.39, 0.29) is 11.6 Å². The Morgan fingerprint density at radius 1 is 0.778 bits per heavy atom. The summed E-state index contributed by atoms with van der Waals surface area (Å²) in [5.74, 6) is 2.15. The quantitative estimate of drug-likeness (QED) is 0.558. The Hall–Kier alpha value is -2.66. The first kappa shape index (κ1) is 10.5. The van der Waals surface area contributed by atoms with Gasteiger partial charge in [-0.3, -0.25) is 9.59 Å². The average molecular weight is 232 g/mol. The van der Waals surface area contributed by atoms with Crippen molar-refractivity contribution < 1.29 is 9.59 Å². The van der Waals surface area contributed by atoms with Crippen LogP contribution in [0.1, 0.15) is 37.4 Å². The van der Waals surface area contributed by atoms with Gasteiger partial charge < -0.3 is 0 Å². The molecule has 0 spiro atoms. The van der Waals surface area contributed by atoms with E-state index in [1.807, 2.05) is 0 Å². The van der Waals surface area contributed by atoms with Crippen LogP contribution in [0.2, 0.25) is 0 Å². The Morgan fingerprint density at radius 3 is 2.06 bits per heavy atom. The van der Waals surface area contributed by atoms with E-state index < -0.39 is 0 Å². The van der Waals surface area contributed by atoms with Crippen molar-refractivity contribution in [1.82, 2.24) is 0 Å². The molecule has 0 bridgehead atoms. The smallest absolute Gasteiger partial charge is 0.195 e. The van der Waals surface area contributed by atoms with Crippen molar-refractivity contribution in [2.45, 2.75) is 0 Å².